The van der Waals surface area contributed by atoms with E-state index in [1.807, 2.05) is 6.08 Å². The van der Waals surface area contributed by atoms with Crippen LogP contribution in [0.25, 0.3) is 0 Å². The molecule has 2 heterocycles. The van der Waals surface area contributed by atoms with Gasteiger partial charge in [0.05, 0.1) is 58.3 Å². The van der Waals surface area contributed by atoms with Crippen LogP contribution in [-0.2, 0) is 24.6 Å². The summed E-state index contributed by atoms with van der Waals surface area (Å²) in [5.41, 5.74) is 3.89. The average molecular weight is 852 g/mol. The van der Waals surface area contributed by atoms with Gasteiger partial charge in [0, 0.05) is 16.0 Å². The second-order valence-corrected chi connectivity index (χ2v) is 15.9. The first-order valence-electron chi connectivity index (χ1n) is 17.0. The van der Waals surface area contributed by atoms with Crippen LogP contribution in [0, 0.1) is 23.7 Å². The van der Waals surface area contributed by atoms with Gasteiger partial charge in [-0.1, -0.05) is 58.6 Å². The van der Waals surface area contributed by atoms with Gasteiger partial charge >= 0.3 is 0 Å². The van der Waals surface area contributed by atoms with Crippen molar-refractivity contribution in [1.82, 2.24) is 5.01 Å². The minimum atomic E-state index is -1.59. The second kappa shape index (κ2) is 13.6. The van der Waals surface area contributed by atoms with Crippen LogP contribution in [0.1, 0.15) is 29.9 Å². The van der Waals surface area contributed by atoms with Gasteiger partial charge < -0.3 is 14.6 Å². The van der Waals surface area contributed by atoms with Gasteiger partial charge in [-0.15, -0.1) is 0 Å². The fourth-order valence-electron chi connectivity index (χ4n) is 8.98. The summed E-state index contributed by atoms with van der Waals surface area (Å²) >= 11 is 22.3. The Bertz CT molecular complexity index is 2290. The van der Waals surface area contributed by atoms with Crippen molar-refractivity contribution in [3.63, 3.8) is 0 Å². The van der Waals surface area contributed by atoms with E-state index < -0.39 is 46.8 Å². The molecular formula is C40H31BrCl3N3O7. The van der Waals surface area contributed by atoms with E-state index in [0.717, 1.165) is 10.6 Å². The number of phenolic OH excluding ortho intramolecular Hbond substituents is 1. The number of methoxy groups -OCH3 is 2. The van der Waals surface area contributed by atoms with Gasteiger partial charge in [0.2, 0.25) is 11.8 Å². The van der Waals surface area contributed by atoms with Crippen LogP contribution >= 0.6 is 50.7 Å². The van der Waals surface area contributed by atoms with Crippen LogP contribution in [0.3, 0.4) is 0 Å². The Hall–Kier alpha value is -4.55. The predicted molar refractivity (Wildman–Crippen MR) is 207 cm³/mol. The molecule has 0 radical (unpaired) electrons. The fraction of sp³-hybridized carbons (Fsp3) is 0.250. The number of ether oxygens (including phenoxy) is 2. The number of fused-ring (bicyclic) bond motifs is 4. The van der Waals surface area contributed by atoms with E-state index in [-0.39, 0.29) is 46.9 Å². The Morgan fingerprint density at radius 1 is 0.833 bits per heavy atom. The molecule has 2 aliphatic carbocycles. The van der Waals surface area contributed by atoms with Crippen LogP contribution in [0.2, 0.25) is 15.1 Å². The molecule has 0 bridgehead atoms. The molecule has 0 aromatic heterocycles. The predicted octanol–water partition coefficient (Wildman–Crippen LogP) is 8.32. The van der Waals surface area contributed by atoms with Gasteiger partial charge in [0.25, 0.3) is 11.8 Å². The molecular weight excluding hydrogens is 821 g/mol. The lowest BCUT2D eigenvalue weighted by atomic mass is 9.49. The number of imide groups is 2. The molecule has 54 heavy (non-hydrogen) atoms. The molecule has 2 N–H and O–H groups in total. The normalized spacial score (nSPS) is 26.0. The fourth-order valence-corrected chi connectivity index (χ4v) is 10.0. The van der Waals surface area contributed by atoms with Crippen LogP contribution in [0.15, 0.2) is 95.0 Å². The summed E-state index contributed by atoms with van der Waals surface area (Å²) < 4.78 is 11.4. The number of hydrazine groups is 1. The molecule has 0 spiro atoms. The number of allylic oxidation sites excluding steroid dienone is 2. The number of carbonyl (C=O) groups excluding carboxylic acids is 4. The highest BCUT2D eigenvalue weighted by molar-refractivity contribution is 9.10. The molecule has 14 heteroatoms. The maximum absolute atomic E-state index is 15.5. The maximum atomic E-state index is 15.5. The third-order valence-corrected chi connectivity index (χ3v) is 12.7. The lowest BCUT2D eigenvalue weighted by molar-refractivity contribution is -0.138. The number of nitrogens with zero attached hydrogens (tertiary/aromatic N) is 2. The number of carbonyl (C=O) groups is 4. The van der Waals surface area contributed by atoms with Crippen molar-refractivity contribution in [3.05, 3.63) is 121 Å². The minimum absolute atomic E-state index is 0.0799. The average Bonchev–Trinajstić information content (AvgIpc) is 3.54. The minimum Gasteiger partial charge on any atom is -0.503 e. The number of anilines is 2. The largest absolute Gasteiger partial charge is 0.503 e. The topological polar surface area (TPSA) is 125 Å². The molecule has 2 saturated heterocycles. The van der Waals surface area contributed by atoms with Gasteiger partial charge in [0.15, 0.2) is 11.5 Å². The van der Waals surface area contributed by atoms with E-state index in [9.17, 15) is 19.5 Å². The summed E-state index contributed by atoms with van der Waals surface area (Å²) in [5.74, 6) is -5.32. The van der Waals surface area contributed by atoms with Crippen LogP contribution in [0.5, 0.6) is 17.2 Å². The molecule has 276 valence electrons. The second-order valence-electron chi connectivity index (χ2n) is 13.8. The molecule has 3 fully saturated rings. The smallest absolute Gasteiger partial charge is 0.260 e. The van der Waals surface area contributed by atoms with E-state index in [0.29, 0.717) is 37.1 Å². The molecule has 4 aromatic carbocycles. The Morgan fingerprint density at radius 2 is 1.54 bits per heavy atom. The van der Waals surface area contributed by atoms with Crippen molar-refractivity contribution in [1.29, 1.82) is 0 Å². The van der Waals surface area contributed by atoms with Crippen molar-refractivity contribution in [2.45, 2.75) is 24.2 Å². The molecule has 4 aromatic rings. The molecule has 2 aliphatic heterocycles. The van der Waals surface area contributed by atoms with Crippen molar-refractivity contribution in [2.24, 2.45) is 23.7 Å². The SMILES string of the molecule is COc1ccc([C@@]23C(=O)N(Nc4ccc(Cl)cc4Cl)C(=O)[C@@H]2C[C@@H]2C(=CC[C@@H]4C(=O)N(c5ccc(Cl)cc5)C(=O)[C@@H]42)[C@@H]3c2cc(Br)c(O)c(OC)c2)cc1. The van der Waals surface area contributed by atoms with Gasteiger partial charge in [-0.2, -0.15) is 5.01 Å². The zero-order chi connectivity index (χ0) is 38.2. The summed E-state index contributed by atoms with van der Waals surface area (Å²) in [4.78, 5) is 60.2. The van der Waals surface area contributed by atoms with Crippen LogP contribution in [-0.4, -0.2) is 48.0 Å². The van der Waals surface area contributed by atoms with Crippen molar-refractivity contribution >= 4 is 85.7 Å². The Kier molecular flexibility index (Phi) is 9.20. The molecule has 0 unspecified atom stereocenters. The van der Waals surface area contributed by atoms with E-state index in [2.05, 4.69) is 21.4 Å². The number of halogens is 4. The number of hydrogen-bond acceptors (Lipinski definition) is 8. The van der Waals surface area contributed by atoms with Gasteiger partial charge in [-0.25, -0.2) is 0 Å². The summed E-state index contributed by atoms with van der Waals surface area (Å²) in [7, 11) is 2.95. The number of aromatic hydroxyl groups is 1. The lowest BCUT2D eigenvalue weighted by Crippen LogP contribution is -2.53. The van der Waals surface area contributed by atoms with Crippen molar-refractivity contribution in [2.75, 3.05) is 24.5 Å². The standard InChI is InChI=1S/C40H31BrCl3N3O7/c1-53-24-10-3-20(4-11-24)40-28(37(50)47(39(40)52)45-31-14-7-22(43)17-30(31)44)18-27-25(34(40)19-15-29(41)35(48)32(16-19)54-2)12-13-26-33(27)38(51)46(36(26)49)23-8-5-21(42)6-9-23/h3-12,14-17,26-28,33-34,45,48H,13,18H2,1-2H3/t26-,27+,28-,33-,34-,40+/m0/s1. The van der Waals surface area contributed by atoms with Crippen molar-refractivity contribution in [3.8, 4) is 17.2 Å². The first kappa shape index (κ1) is 36.4. The maximum Gasteiger partial charge on any atom is 0.260 e. The molecule has 10 nitrogen and oxygen atoms in total. The van der Waals surface area contributed by atoms with Gasteiger partial charge in [-0.3, -0.25) is 29.5 Å². The van der Waals surface area contributed by atoms with Crippen LogP contribution in [0.4, 0.5) is 11.4 Å². The molecule has 8 rings (SSSR count). The zero-order valence-corrected chi connectivity index (χ0v) is 32.5. The van der Waals surface area contributed by atoms with Crippen molar-refractivity contribution < 1.29 is 33.8 Å². The van der Waals surface area contributed by atoms with E-state index in [4.69, 9.17) is 44.3 Å². The summed E-state index contributed by atoms with van der Waals surface area (Å²) in [5, 5.41) is 12.9. The third kappa shape index (κ3) is 5.42. The number of amides is 4. The highest BCUT2D eigenvalue weighted by atomic mass is 79.9. The summed E-state index contributed by atoms with van der Waals surface area (Å²) in [6, 6.07) is 21.5. The quantitative estimate of drug-likeness (QED) is 0.141. The first-order valence-corrected chi connectivity index (χ1v) is 19.0. The number of phenols is 1. The van der Waals surface area contributed by atoms with E-state index in [1.165, 1.54) is 25.2 Å². The lowest BCUT2D eigenvalue weighted by Gasteiger charge is -2.50. The molecule has 1 saturated carbocycles. The van der Waals surface area contributed by atoms with Gasteiger partial charge in [-0.05, 0) is 113 Å². The highest BCUT2D eigenvalue weighted by Gasteiger charge is 2.70. The van der Waals surface area contributed by atoms with E-state index >= 15 is 4.79 Å². The number of nitrogens with one attached hydrogen (secondary N) is 1. The molecule has 4 aliphatic rings. The molecule has 4 amide bonds. The highest BCUT2D eigenvalue weighted by Crippen LogP contribution is 2.65. The van der Waals surface area contributed by atoms with Crippen LogP contribution < -0.4 is 19.8 Å². The third-order valence-electron chi connectivity index (χ3n) is 11.3. The number of benzene rings is 4. The monoisotopic (exact) mass is 849 g/mol. The molecule has 6 atom stereocenters. The Morgan fingerprint density at radius 3 is 2.20 bits per heavy atom. The summed E-state index contributed by atoms with van der Waals surface area (Å²) in [6.45, 7) is 0. The first-order chi connectivity index (χ1) is 25.9. The zero-order valence-electron chi connectivity index (χ0n) is 28.7. The van der Waals surface area contributed by atoms with Gasteiger partial charge in [0.1, 0.15) is 5.75 Å². The Balaban J connectivity index is 1.35. The van der Waals surface area contributed by atoms with E-state index in [1.54, 1.807) is 72.8 Å². The Labute approximate surface area is 333 Å². The summed E-state index contributed by atoms with van der Waals surface area (Å²) in [6.07, 6.45) is 2.26. The number of hydrogen-bond donors (Lipinski definition) is 2. The number of rotatable bonds is 7.